The van der Waals surface area contributed by atoms with Gasteiger partial charge in [-0.25, -0.2) is 0 Å². The van der Waals surface area contributed by atoms with Gasteiger partial charge >= 0.3 is 0 Å². The molecule has 156 valence electrons. The smallest absolute Gasteiger partial charge is 0.247 e. The molecule has 0 aromatic carbocycles. The number of rotatable bonds is 4. The molecule has 1 aromatic rings. The van der Waals surface area contributed by atoms with Gasteiger partial charge in [0.2, 0.25) is 11.8 Å². The Bertz CT molecular complexity index is 796. The summed E-state index contributed by atoms with van der Waals surface area (Å²) in [6.07, 6.45) is 6.93. The first kappa shape index (κ1) is 19.0. The van der Waals surface area contributed by atoms with Crippen molar-refractivity contribution < 1.29 is 9.59 Å². The number of aromatic nitrogens is 1. The molecule has 5 rings (SSSR count). The van der Waals surface area contributed by atoms with E-state index in [2.05, 4.69) is 16.8 Å². The van der Waals surface area contributed by atoms with E-state index in [1.54, 1.807) is 0 Å². The average molecular weight is 397 g/mol. The van der Waals surface area contributed by atoms with Crippen molar-refractivity contribution >= 4 is 17.5 Å². The first-order valence-electron chi connectivity index (χ1n) is 11.3. The van der Waals surface area contributed by atoms with Crippen molar-refractivity contribution in [3.8, 4) is 0 Å². The van der Waals surface area contributed by atoms with Crippen LogP contribution in [0, 0.1) is 24.7 Å². The van der Waals surface area contributed by atoms with Gasteiger partial charge in [-0.2, -0.15) is 0 Å². The molecule has 2 amide bonds. The topological polar surface area (TPSA) is 56.8 Å². The number of nitrogens with zero attached hydrogens (tertiary/aromatic N) is 4. The summed E-state index contributed by atoms with van der Waals surface area (Å²) in [6, 6.07) is 3.99. The summed E-state index contributed by atoms with van der Waals surface area (Å²) in [4.78, 5) is 37.4. The number of likely N-dealkylation sites (tertiary alicyclic amines) is 1. The fraction of sp³-hybridized carbons (Fsp3) is 0.696. The van der Waals surface area contributed by atoms with Crippen LogP contribution in [0.5, 0.6) is 0 Å². The lowest BCUT2D eigenvalue weighted by molar-refractivity contribution is -0.144. The van der Waals surface area contributed by atoms with Crippen LogP contribution in [0.3, 0.4) is 0 Å². The van der Waals surface area contributed by atoms with Crippen molar-refractivity contribution in [1.82, 2.24) is 14.8 Å². The lowest BCUT2D eigenvalue weighted by Crippen LogP contribution is -2.69. The minimum Gasteiger partial charge on any atom is -0.342 e. The lowest BCUT2D eigenvalue weighted by Gasteiger charge is -2.53. The van der Waals surface area contributed by atoms with E-state index in [0.717, 1.165) is 56.2 Å². The van der Waals surface area contributed by atoms with Gasteiger partial charge < -0.3 is 9.80 Å². The molecule has 0 radical (unpaired) electrons. The summed E-state index contributed by atoms with van der Waals surface area (Å²) < 4.78 is 0. The second kappa shape index (κ2) is 7.08. The van der Waals surface area contributed by atoms with Gasteiger partial charge in [-0.15, -0.1) is 0 Å². The summed E-state index contributed by atoms with van der Waals surface area (Å²) in [5.74, 6) is 2.03. The molecule has 2 unspecified atom stereocenters. The standard InChI is InChI=1S/C23H32N4O2/c1-16-13-20(16)21(28)25-9-7-23(8-10-25)22(29)27(19-6-3-17(2)24-14-19)12-11-26(23)15-18-4-5-18/h3,6,14,16,18,20H,4-5,7-13,15H2,1-2H3. The Kier molecular flexibility index (Phi) is 4.65. The largest absolute Gasteiger partial charge is 0.342 e. The minimum atomic E-state index is -0.461. The van der Waals surface area contributed by atoms with E-state index in [0.29, 0.717) is 24.9 Å². The number of aryl methyl sites for hydroxylation is 1. The number of carbonyl (C=O) groups is 2. The fourth-order valence-electron chi connectivity index (χ4n) is 5.19. The minimum absolute atomic E-state index is 0.210. The molecule has 29 heavy (non-hydrogen) atoms. The highest BCUT2D eigenvalue weighted by molar-refractivity contribution is 6.01. The molecule has 3 heterocycles. The normalized spacial score (nSPS) is 29.4. The van der Waals surface area contributed by atoms with Crippen molar-refractivity contribution in [3.05, 3.63) is 24.0 Å². The van der Waals surface area contributed by atoms with Gasteiger partial charge in [0.25, 0.3) is 0 Å². The number of hydrogen-bond donors (Lipinski definition) is 0. The highest BCUT2D eigenvalue weighted by Crippen LogP contribution is 2.42. The van der Waals surface area contributed by atoms with Gasteiger partial charge in [-0.1, -0.05) is 6.92 Å². The highest BCUT2D eigenvalue weighted by atomic mass is 16.2. The molecule has 1 spiro atoms. The van der Waals surface area contributed by atoms with Crippen LogP contribution >= 0.6 is 0 Å². The molecule has 4 aliphatic rings. The third-order valence-corrected chi connectivity index (χ3v) is 7.55. The van der Waals surface area contributed by atoms with Crippen molar-refractivity contribution in [1.29, 1.82) is 0 Å². The van der Waals surface area contributed by atoms with Crippen molar-refractivity contribution in [2.24, 2.45) is 17.8 Å². The molecule has 6 heteroatoms. The van der Waals surface area contributed by atoms with Gasteiger partial charge in [0.05, 0.1) is 11.9 Å². The molecule has 4 fully saturated rings. The summed E-state index contributed by atoms with van der Waals surface area (Å²) in [5, 5.41) is 0. The molecule has 0 N–H and O–H groups in total. The van der Waals surface area contributed by atoms with Gasteiger partial charge in [0.1, 0.15) is 5.54 Å². The molecular weight excluding hydrogens is 364 g/mol. The van der Waals surface area contributed by atoms with E-state index in [1.165, 1.54) is 12.8 Å². The van der Waals surface area contributed by atoms with Crippen LogP contribution in [0.25, 0.3) is 0 Å². The van der Waals surface area contributed by atoms with Crippen LogP contribution in [0.1, 0.15) is 44.7 Å². The number of anilines is 1. The van der Waals surface area contributed by atoms with E-state index in [-0.39, 0.29) is 11.8 Å². The van der Waals surface area contributed by atoms with Crippen LogP contribution in [-0.4, -0.2) is 64.9 Å². The molecular formula is C23H32N4O2. The second-order valence-electron chi connectivity index (χ2n) is 9.68. The molecule has 0 bridgehead atoms. The van der Waals surface area contributed by atoms with Crippen molar-refractivity contribution in [3.63, 3.8) is 0 Å². The first-order chi connectivity index (χ1) is 14.0. The highest BCUT2D eigenvalue weighted by Gasteiger charge is 2.53. The Morgan fingerprint density at radius 1 is 1.17 bits per heavy atom. The second-order valence-corrected chi connectivity index (χ2v) is 9.68. The average Bonchev–Trinajstić information content (AvgIpc) is 3.65. The summed E-state index contributed by atoms with van der Waals surface area (Å²) in [6.45, 7) is 8.19. The zero-order valence-corrected chi connectivity index (χ0v) is 17.6. The maximum atomic E-state index is 13.8. The molecule has 6 nitrogen and oxygen atoms in total. The molecule has 2 aliphatic carbocycles. The maximum absolute atomic E-state index is 13.8. The number of piperidine rings is 1. The van der Waals surface area contributed by atoms with E-state index in [4.69, 9.17) is 0 Å². The summed E-state index contributed by atoms with van der Waals surface area (Å²) in [7, 11) is 0. The Labute approximate surface area is 173 Å². The van der Waals surface area contributed by atoms with Crippen LogP contribution in [0.15, 0.2) is 18.3 Å². The number of hydrogen-bond acceptors (Lipinski definition) is 4. The fourth-order valence-corrected chi connectivity index (χ4v) is 5.19. The molecule has 2 atom stereocenters. The monoisotopic (exact) mass is 396 g/mol. The Morgan fingerprint density at radius 2 is 1.90 bits per heavy atom. The molecule has 2 aliphatic heterocycles. The van der Waals surface area contributed by atoms with Crippen molar-refractivity contribution in [2.45, 2.75) is 51.5 Å². The third-order valence-electron chi connectivity index (χ3n) is 7.55. The zero-order chi connectivity index (χ0) is 20.2. The zero-order valence-electron chi connectivity index (χ0n) is 17.6. The lowest BCUT2D eigenvalue weighted by atomic mass is 9.81. The van der Waals surface area contributed by atoms with E-state index < -0.39 is 5.54 Å². The van der Waals surface area contributed by atoms with Gasteiger partial charge in [-0.3, -0.25) is 19.5 Å². The molecule has 2 saturated heterocycles. The number of pyridine rings is 1. The van der Waals surface area contributed by atoms with Crippen LogP contribution in [-0.2, 0) is 9.59 Å². The number of piperazine rings is 1. The van der Waals surface area contributed by atoms with Crippen LogP contribution < -0.4 is 4.90 Å². The van der Waals surface area contributed by atoms with E-state index in [1.807, 2.05) is 35.1 Å². The van der Waals surface area contributed by atoms with E-state index in [9.17, 15) is 9.59 Å². The van der Waals surface area contributed by atoms with Crippen LogP contribution in [0.4, 0.5) is 5.69 Å². The Morgan fingerprint density at radius 3 is 2.48 bits per heavy atom. The predicted octanol–water partition coefficient (Wildman–Crippen LogP) is 2.47. The Hall–Kier alpha value is -1.95. The predicted molar refractivity (Wildman–Crippen MR) is 111 cm³/mol. The van der Waals surface area contributed by atoms with Gasteiger partial charge in [0, 0.05) is 44.3 Å². The Balaban J connectivity index is 1.36. The van der Waals surface area contributed by atoms with Crippen molar-refractivity contribution in [2.75, 3.05) is 37.6 Å². The number of carbonyl (C=O) groups excluding carboxylic acids is 2. The van der Waals surface area contributed by atoms with E-state index >= 15 is 0 Å². The molecule has 1 aromatic heterocycles. The third kappa shape index (κ3) is 3.45. The molecule has 2 saturated carbocycles. The van der Waals surface area contributed by atoms with Crippen LogP contribution in [0.2, 0.25) is 0 Å². The maximum Gasteiger partial charge on any atom is 0.247 e. The van der Waals surface area contributed by atoms with Gasteiger partial charge in [-0.05, 0) is 63.0 Å². The summed E-state index contributed by atoms with van der Waals surface area (Å²) in [5.41, 5.74) is 1.40. The SMILES string of the molecule is Cc1ccc(N2CCN(CC3CC3)C3(CCN(C(=O)C4CC4C)CC3)C2=O)cn1. The number of amides is 2. The summed E-state index contributed by atoms with van der Waals surface area (Å²) >= 11 is 0. The van der Waals surface area contributed by atoms with Gasteiger partial charge in [0.15, 0.2) is 0 Å². The first-order valence-corrected chi connectivity index (χ1v) is 11.3. The quantitative estimate of drug-likeness (QED) is 0.785.